The molecule has 1 amide bonds. The molecule has 0 spiro atoms. The number of thiophene rings is 1. The Morgan fingerprint density at radius 2 is 1.97 bits per heavy atom. The van der Waals surface area contributed by atoms with Crippen LogP contribution in [-0.4, -0.2) is 63.7 Å². The van der Waals surface area contributed by atoms with Crippen LogP contribution >= 0.6 is 11.3 Å². The lowest BCUT2D eigenvalue weighted by Crippen LogP contribution is -2.54. The van der Waals surface area contributed by atoms with Gasteiger partial charge in [0, 0.05) is 37.1 Å². The van der Waals surface area contributed by atoms with Gasteiger partial charge in [0.05, 0.1) is 25.4 Å². The van der Waals surface area contributed by atoms with Gasteiger partial charge in [-0.1, -0.05) is 0 Å². The Bertz CT molecular complexity index is 1510. The van der Waals surface area contributed by atoms with Crippen LogP contribution in [0.2, 0.25) is 0 Å². The Balaban J connectivity index is 1.44. The van der Waals surface area contributed by atoms with Crippen molar-refractivity contribution in [3.05, 3.63) is 35.2 Å². The van der Waals surface area contributed by atoms with E-state index in [9.17, 15) is 9.59 Å². The van der Waals surface area contributed by atoms with Crippen molar-refractivity contribution in [1.82, 2.24) is 19.0 Å². The van der Waals surface area contributed by atoms with Crippen molar-refractivity contribution < 1.29 is 19.1 Å². The fourth-order valence-corrected chi connectivity index (χ4v) is 6.40. The predicted molar refractivity (Wildman–Crippen MR) is 143 cm³/mol. The minimum atomic E-state index is -0.656. The Morgan fingerprint density at radius 3 is 2.70 bits per heavy atom. The molecule has 2 unspecified atom stereocenters. The number of carbonyl (C=O) groups is 2. The average molecular weight is 522 g/mol. The average Bonchev–Trinajstić information content (AvgIpc) is 3.35. The number of aromatic nitrogens is 3. The normalized spacial score (nSPS) is 20.1. The van der Waals surface area contributed by atoms with Gasteiger partial charge in [0.2, 0.25) is 0 Å². The molecule has 1 saturated carbocycles. The first-order valence-electron chi connectivity index (χ1n) is 12.7. The summed E-state index contributed by atoms with van der Waals surface area (Å²) in [6, 6.07) is 7.01. The maximum atomic E-state index is 13.7. The number of nitrogens with zero attached hydrogens (tertiary/aromatic N) is 4. The fraction of sp³-hybridized carbons (Fsp3) is 0.444. The summed E-state index contributed by atoms with van der Waals surface area (Å²) in [6.45, 7) is 1.27. The number of ether oxygens (including phenoxy) is 2. The molecular formula is C27H31N5O4S. The molecule has 2 N–H and O–H groups in total. The maximum Gasteiger partial charge on any atom is 0.328 e. The van der Waals surface area contributed by atoms with E-state index in [4.69, 9.17) is 20.2 Å². The van der Waals surface area contributed by atoms with Crippen LogP contribution in [0, 0.1) is 5.92 Å². The third kappa shape index (κ3) is 4.08. The van der Waals surface area contributed by atoms with Gasteiger partial charge in [-0.3, -0.25) is 4.79 Å². The van der Waals surface area contributed by atoms with Gasteiger partial charge in [-0.25, -0.2) is 9.78 Å². The minimum absolute atomic E-state index is 0.190. The second-order valence-electron chi connectivity index (χ2n) is 10.1. The van der Waals surface area contributed by atoms with E-state index in [-0.39, 0.29) is 18.5 Å². The monoisotopic (exact) mass is 521 g/mol. The zero-order chi connectivity index (χ0) is 25.8. The van der Waals surface area contributed by atoms with Gasteiger partial charge in [0.25, 0.3) is 5.91 Å². The molecule has 194 valence electrons. The molecule has 0 radical (unpaired) electrons. The van der Waals surface area contributed by atoms with Gasteiger partial charge in [-0.05, 0) is 61.2 Å². The number of hydrogen-bond donors (Lipinski definition) is 1. The highest BCUT2D eigenvalue weighted by atomic mass is 32.1. The van der Waals surface area contributed by atoms with Gasteiger partial charge < -0.3 is 29.2 Å². The standard InChI is InChI=1S/C27H31N5O4S/c1-30-23-19(29-24(30)21-11-16-8-9-37-26(16)32(21)13-15-4-5-15)10-17(12-22(23)35-2)25(33)31-14-18(28)6-7-20(31)27(34)36-3/h8-12,15,18,20H,4-7,13-14,28H2,1-3H3. The summed E-state index contributed by atoms with van der Waals surface area (Å²) in [5.74, 6) is 1.39. The summed E-state index contributed by atoms with van der Waals surface area (Å²) in [5.41, 5.74) is 9.12. The van der Waals surface area contributed by atoms with E-state index in [0.29, 0.717) is 35.6 Å². The lowest BCUT2D eigenvalue weighted by molar-refractivity contribution is -0.147. The molecule has 4 aromatic rings. The van der Waals surface area contributed by atoms with Crippen molar-refractivity contribution in [2.75, 3.05) is 20.8 Å². The van der Waals surface area contributed by atoms with E-state index in [1.54, 1.807) is 30.6 Å². The summed E-state index contributed by atoms with van der Waals surface area (Å²) in [5, 5.41) is 3.34. The molecule has 1 aliphatic heterocycles. The van der Waals surface area contributed by atoms with Crippen LogP contribution in [0.3, 0.4) is 0 Å². The molecule has 10 heteroatoms. The number of amides is 1. The largest absolute Gasteiger partial charge is 0.494 e. The first-order valence-corrected chi connectivity index (χ1v) is 13.5. The van der Waals surface area contributed by atoms with Crippen molar-refractivity contribution in [3.8, 4) is 17.3 Å². The van der Waals surface area contributed by atoms with Crippen LogP contribution in [0.5, 0.6) is 5.75 Å². The van der Waals surface area contributed by atoms with Crippen LogP contribution in [-0.2, 0) is 23.1 Å². The first kappa shape index (κ1) is 24.0. The van der Waals surface area contributed by atoms with Crippen LogP contribution in [0.4, 0.5) is 0 Å². The molecule has 3 aromatic heterocycles. The summed E-state index contributed by atoms with van der Waals surface area (Å²) in [4.78, 5) is 33.9. The third-order valence-corrected chi connectivity index (χ3v) is 8.57. The molecule has 4 heterocycles. The number of fused-ring (bicyclic) bond motifs is 2. The molecular weight excluding hydrogens is 490 g/mol. The van der Waals surface area contributed by atoms with Crippen molar-refractivity contribution in [2.24, 2.45) is 18.7 Å². The highest BCUT2D eigenvalue weighted by Crippen LogP contribution is 2.39. The van der Waals surface area contributed by atoms with Gasteiger partial charge >= 0.3 is 5.97 Å². The number of hydrogen-bond acceptors (Lipinski definition) is 7. The molecule has 6 rings (SSSR count). The van der Waals surface area contributed by atoms with Gasteiger partial charge in [-0.2, -0.15) is 0 Å². The van der Waals surface area contributed by atoms with Gasteiger partial charge in [-0.15, -0.1) is 11.3 Å². The number of rotatable bonds is 6. The number of nitrogens with two attached hydrogens (primary N) is 1. The Hall–Kier alpha value is -3.37. The molecule has 2 aliphatic rings. The Kier molecular flexibility index (Phi) is 5.95. The van der Waals surface area contributed by atoms with Crippen LogP contribution in [0.15, 0.2) is 29.6 Å². The summed E-state index contributed by atoms with van der Waals surface area (Å²) >= 11 is 1.75. The fourth-order valence-electron chi connectivity index (χ4n) is 5.49. The first-order chi connectivity index (χ1) is 17.9. The maximum absolute atomic E-state index is 13.7. The zero-order valence-corrected chi connectivity index (χ0v) is 22.1. The lowest BCUT2D eigenvalue weighted by Gasteiger charge is -2.36. The van der Waals surface area contributed by atoms with Crippen LogP contribution in [0.1, 0.15) is 36.0 Å². The number of esters is 1. The van der Waals surface area contributed by atoms with E-state index in [0.717, 1.165) is 23.6 Å². The van der Waals surface area contributed by atoms with Crippen molar-refractivity contribution in [1.29, 1.82) is 0 Å². The second-order valence-corrected chi connectivity index (χ2v) is 11.0. The molecule has 2 fully saturated rings. The van der Waals surface area contributed by atoms with E-state index in [1.807, 2.05) is 11.6 Å². The Labute approximate surface area is 218 Å². The van der Waals surface area contributed by atoms with Crippen molar-refractivity contribution >= 4 is 44.5 Å². The quantitative estimate of drug-likeness (QED) is 0.387. The van der Waals surface area contributed by atoms with Gasteiger partial charge in [0.15, 0.2) is 5.82 Å². The summed E-state index contributed by atoms with van der Waals surface area (Å²) in [6.07, 6.45) is 3.66. The Morgan fingerprint density at radius 1 is 1.16 bits per heavy atom. The number of carbonyl (C=O) groups excluding carboxylic acids is 2. The lowest BCUT2D eigenvalue weighted by atomic mass is 9.97. The second kappa shape index (κ2) is 9.18. The molecule has 9 nitrogen and oxygen atoms in total. The van der Waals surface area contributed by atoms with E-state index in [2.05, 4.69) is 22.1 Å². The van der Waals surface area contributed by atoms with Crippen molar-refractivity contribution in [3.63, 3.8) is 0 Å². The third-order valence-electron chi connectivity index (χ3n) is 7.62. The molecule has 37 heavy (non-hydrogen) atoms. The SMILES string of the molecule is COC(=O)C1CCC(N)CN1C(=O)c1cc(OC)c2c(c1)nc(-c1cc3ccsc3n1CC1CC1)n2C. The highest BCUT2D eigenvalue weighted by Gasteiger charge is 2.36. The molecule has 1 saturated heterocycles. The molecule has 2 atom stereocenters. The van der Waals surface area contributed by atoms with Crippen LogP contribution < -0.4 is 10.5 Å². The van der Waals surface area contributed by atoms with Gasteiger partial charge in [0.1, 0.15) is 22.1 Å². The zero-order valence-electron chi connectivity index (χ0n) is 21.3. The summed E-state index contributed by atoms with van der Waals surface area (Å²) < 4.78 is 15.1. The topological polar surface area (TPSA) is 105 Å². The summed E-state index contributed by atoms with van der Waals surface area (Å²) in [7, 11) is 4.91. The number of methoxy groups -OCH3 is 2. The minimum Gasteiger partial charge on any atom is -0.494 e. The molecule has 0 bridgehead atoms. The predicted octanol–water partition coefficient (Wildman–Crippen LogP) is 3.78. The van der Waals surface area contributed by atoms with Crippen molar-refractivity contribution in [2.45, 2.75) is 44.3 Å². The molecule has 1 aromatic carbocycles. The smallest absolute Gasteiger partial charge is 0.328 e. The number of imidazole rings is 1. The molecule has 1 aliphatic carbocycles. The van der Waals surface area contributed by atoms with E-state index < -0.39 is 12.0 Å². The highest BCUT2D eigenvalue weighted by molar-refractivity contribution is 7.16. The van der Waals surface area contributed by atoms with Crippen LogP contribution in [0.25, 0.3) is 32.8 Å². The number of aryl methyl sites for hydroxylation is 1. The van der Waals surface area contributed by atoms with E-state index in [1.165, 1.54) is 35.1 Å². The number of piperidine rings is 1. The number of benzene rings is 1. The van der Waals surface area contributed by atoms with E-state index >= 15 is 0 Å². The number of likely N-dealkylation sites (tertiary alicyclic amines) is 1.